The van der Waals surface area contributed by atoms with Gasteiger partial charge in [0.15, 0.2) is 5.96 Å². The lowest BCUT2D eigenvalue weighted by atomic mass is 10.1. The summed E-state index contributed by atoms with van der Waals surface area (Å²) in [4.78, 5) is 14.0. The predicted molar refractivity (Wildman–Crippen MR) is 87.4 cm³/mol. The van der Waals surface area contributed by atoms with Crippen molar-refractivity contribution in [2.45, 2.75) is 13.8 Å². The van der Waals surface area contributed by atoms with E-state index in [0.29, 0.717) is 5.92 Å². The van der Waals surface area contributed by atoms with Crippen LogP contribution >= 0.6 is 0 Å². The third-order valence-corrected chi connectivity index (χ3v) is 3.83. The highest BCUT2D eigenvalue weighted by Gasteiger charge is 2.17. The standard InChI is InChI=1S/C15H33N5/c1-7-19-8-10-20(11-9-19)13-14(2)12-16-15(17(3)4)18(5)6/h14H,7-13H2,1-6H3. The van der Waals surface area contributed by atoms with E-state index in [9.17, 15) is 0 Å². The zero-order valence-corrected chi connectivity index (χ0v) is 14.3. The Hall–Kier alpha value is -0.810. The maximum absolute atomic E-state index is 4.75. The Morgan fingerprint density at radius 2 is 1.50 bits per heavy atom. The molecule has 0 amide bonds. The molecule has 5 nitrogen and oxygen atoms in total. The van der Waals surface area contributed by atoms with Crippen LogP contribution in [0.25, 0.3) is 0 Å². The summed E-state index contributed by atoms with van der Waals surface area (Å²) < 4.78 is 0. The highest BCUT2D eigenvalue weighted by molar-refractivity contribution is 5.79. The fourth-order valence-electron chi connectivity index (χ4n) is 2.71. The summed E-state index contributed by atoms with van der Waals surface area (Å²) >= 11 is 0. The maximum atomic E-state index is 4.75. The summed E-state index contributed by atoms with van der Waals surface area (Å²) in [7, 11) is 8.20. The van der Waals surface area contributed by atoms with Crippen molar-refractivity contribution in [2.24, 2.45) is 10.9 Å². The number of rotatable bonds is 5. The van der Waals surface area contributed by atoms with Crippen molar-refractivity contribution in [2.75, 3.05) is 74.0 Å². The van der Waals surface area contributed by atoms with E-state index in [1.807, 2.05) is 28.2 Å². The van der Waals surface area contributed by atoms with Gasteiger partial charge < -0.3 is 19.6 Å². The van der Waals surface area contributed by atoms with Crippen molar-refractivity contribution in [1.82, 2.24) is 19.6 Å². The van der Waals surface area contributed by atoms with Crippen molar-refractivity contribution in [3.05, 3.63) is 0 Å². The van der Waals surface area contributed by atoms with Crippen LogP contribution in [0.1, 0.15) is 13.8 Å². The van der Waals surface area contributed by atoms with Crippen LogP contribution in [-0.2, 0) is 0 Å². The van der Waals surface area contributed by atoms with Gasteiger partial charge in [0.05, 0.1) is 0 Å². The van der Waals surface area contributed by atoms with Crippen molar-refractivity contribution in [3.8, 4) is 0 Å². The Kier molecular flexibility index (Phi) is 7.30. The molecule has 118 valence electrons. The topological polar surface area (TPSA) is 25.3 Å². The normalized spacial score (nSPS) is 18.7. The first kappa shape index (κ1) is 17.2. The Bertz CT molecular complexity index is 283. The quantitative estimate of drug-likeness (QED) is 0.549. The maximum Gasteiger partial charge on any atom is 0.195 e. The minimum absolute atomic E-state index is 0.609. The first-order valence-corrected chi connectivity index (χ1v) is 7.77. The average Bonchev–Trinajstić information content (AvgIpc) is 2.39. The van der Waals surface area contributed by atoms with E-state index < -0.39 is 0 Å². The molecule has 0 spiro atoms. The summed E-state index contributed by atoms with van der Waals surface area (Å²) in [5, 5.41) is 0. The lowest BCUT2D eigenvalue weighted by Gasteiger charge is -2.35. The van der Waals surface area contributed by atoms with Gasteiger partial charge in [0, 0.05) is 67.5 Å². The van der Waals surface area contributed by atoms with Gasteiger partial charge in [-0.2, -0.15) is 0 Å². The van der Waals surface area contributed by atoms with Crippen LogP contribution in [0.2, 0.25) is 0 Å². The number of aliphatic imine (C=N–C) groups is 1. The van der Waals surface area contributed by atoms with Crippen LogP contribution in [0.5, 0.6) is 0 Å². The van der Waals surface area contributed by atoms with Crippen LogP contribution in [0.15, 0.2) is 4.99 Å². The number of guanidine groups is 1. The van der Waals surface area contributed by atoms with Crippen LogP contribution in [-0.4, -0.2) is 99.6 Å². The van der Waals surface area contributed by atoms with Crippen molar-refractivity contribution >= 4 is 5.96 Å². The molecule has 1 rings (SSSR count). The smallest absolute Gasteiger partial charge is 0.195 e. The lowest BCUT2D eigenvalue weighted by molar-refractivity contribution is 0.125. The molecule has 0 N–H and O–H groups in total. The second-order valence-electron chi connectivity index (χ2n) is 6.27. The third-order valence-electron chi connectivity index (χ3n) is 3.83. The molecule has 1 atom stereocenters. The number of likely N-dealkylation sites (N-methyl/N-ethyl adjacent to an activating group) is 1. The second-order valence-corrected chi connectivity index (χ2v) is 6.27. The molecule has 0 saturated carbocycles. The SMILES string of the molecule is CCN1CCN(CC(C)CN=C(N(C)C)N(C)C)CC1. The molecule has 0 aliphatic carbocycles. The molecular weight excluding hydrogens is 250 g/mol. The fourth-order valence-corrected chi connectivity index (χ4v) is 2.71. The fraction of sp³-hybridized carbons (Fsp3) is 0.933. The van der Waals surface area contributed by atoms with E-state index in [2.05, 4.69) is 33.4 Å². The number of piperazine rings is 1. The van der Waals surface area contributed by atoms with Crippen molar-refractivity contribution in [3.63, 3.8) is 0 Å². The molecule has 20 heavy (non-hydrogen) atoms. The average molecular weight is 283 g/mol. The molecule has 0 radical (unpaired) electrons. The molecular formula is C15H33N5. The van der Waals surface area contributed by atoms with E-state index >= 15 is 0 Å². The molecule has 0 aromatic rings. The highest BCUT2D eigenvalue weighted by atomic mass is 15.3. The van der Waals surface area contributed by atoms with Gasteiger partial charge in [-0.3, -0.25) is 4.99 Å². The summed E-state index contributed by atoms with van der Waals surface area (Å²) in [5.74, 6) is 1.66. The van der Waals surface area contributed by atoms with Gasteiger partial charge in [-0.05, 0) is 12.5 Å². The van der Waals surface area contributed by atoms with Gasteiger partial charge in [-0.15, -0.1) is 0 Å². The number of hydrogen-bond acceptors (Lipinski definition) is 3. The summed E-state index contributed by atoms with van der Waals surface area (Å²) in [5.41, 5.74) is 0. The first-order valence-electron chi connectivity index (χ1n) is 7.77. The molecule has 5 heteroatoms. The number of nitrogens with zero attached hydrogens (tertiary/aromatic N) is 5. The van der Waals surface area contributed by atoms with Crippen LogP contribution in [0.3, 0.4) is 0 Å². The Labute approximate surface area is 125 Å². The van der Waals surface area contributed by atoms with Gasteiger partial charge in [0.25, 0.3) is 0 Å². The number of hydrogen-bond donors (Lipinski definition) is 0. The largest absolute Gasteiger partial charge is 0.349 e. The minimum atomic E-state index is 0.609. The first-order chi connectivity index (χ1) is 9.43. The summed E-state index contributed by atoms with van der Waals surface area (Å²) in [6.45, 7) is 12.6. The molecule has 1 aliphatic rings. The van der Waals surface area contributed by atoms with Gasteiger partial charge in [-0.25, -0.2) is 0 Å². The molecule has 0 bridgehead atoms. The molecule has 1 saturated heterocycles. The summed E-state index contributed by atoms with van der Waals surface area (Å²) in [6, 6.07) is 0. The van der Waals surface area contributed by atoms with Crippen LogP contribution < -0.4 is 0 Å². The lowest BCUT2D eigenvalue weighted by Crippen LogP contribution is -2.47. The zero-order chi connectivity index (χ0) is 15.1. The minimum Gasteiger partial charge on any atom is -0.349 e. The second kappa shape index (κ2) is 8.47. The van der Waals surface area contributed by atoms with Gasteiger partial charge in [-0.1, -0.05) is 13.8 Å². The van der Waals surface area contributed by atoms with E-state index in [1.54, 1.807) is 0 Å². The van der Waals surface area contributed by atoms with E-state index in [4.69, 9.17) is 4.99 Å². The van der Waals surface area contributed by atoms with Crippen LogP contribution in [0, 0.1) is 5.92 Å². The zero-order valence-electron chi connectivity index (χ0n) is 14.3. The third kappa shape index (κ3) is 5.67. The Balaban J connectivity index is 2.36. The molecule has 1 heterocycles. The Morgan fingerprint density at radius 3 is 1.95 bits per heavy atom. The summed E-state index contributed by atoms with van der Waals surface area (Å²) in [6.07, 6.45) is 0. The molecule has 0 aromatic carbocycles. The van der Waals surface area contributed by atoms with Gasteiger partial charge >= 0.3 is 0 Å². The molecule has 1 unspecified atom stereocenters. The van der Waals surface area contributed by atoms with E-state index in [1.165, 1.54) is 32.7 Å². The van der Waals surface area contributed by atoms with E-state index in [0.717, 1.165) is 19.0 Å². The predicted octanol–water partition coefficient (Wildman–Crippen LogP) is 0.739. The highest BCUT2D eigenvalue weighted by Crippen LogP contribution is 2.06. The molecule has 0 aromatic heterocycles. The molecule has 1 fully saturated rings. The monoisotopic (exact) mass is 283 g/mol. The molecule has 1 aliphatic heterocycles. The van der Waals surface area contributed by atoms with Gasteiger partial charge in [0.1, 0.15) is 0 Å². The van der Waals surface area contributed by atoms with Gasteiger partial charge in [0.2, 0.25) is 0 Å². The van der Waals surface area contributed by atoms with E-state index in [-0.39, 0.29) is 0 Å². The van der Waals surface area contributed by atoms with Crippen molar-refractivity contribution in [1.29, 1.82) is 0 Å². The van der Waals surface area contributed by atoms with Crippen molar-refractivity contribution < 1.29 is 0 Å². The Morgan fingerprint density at radius 1 is 1.00 bits per heavy atom. The van der Waals surface area contributed by atoms with Crippen LogP contribution in [0.4, 0.5) is 0 Å².